The Kier molecular flexibility index (Phi) is 5.73. The zero-order chi connectivity index (χ0) is 21.8. The van der Waals surface area contributed by atoms with Crippen LogP contribution < -0.4 is 4.74 Å². The molecule has 0 atom stereocenters. The Morgan fingerprint density at radius 3 is 1.69 bits per heavy atom. The first-order valence-corrected chi connectivity index (χ1v) is 11.7. The van der Waals surface area contributed by atoms with Crippen LogP contribution in [0.5, 0.6) is 5.75 Å². The van der Waals surface area contributed by atoms with Crippen molar-refractivity contribution in [2.45, 2.75) is 14.7 Å². The van der Waals surface area contributed by atoms with Crippen molar-refractivity contribution in [1.82, 2.24) is 0 Å². The van der Waals surface area contributed by atoms with Gasteiger partial charge in [-0.15, -0.1) is 0 Å². The van der Waals surface area contributed by atoms with Crippen LogP contribution in [0.1, 0.15) is 10.4 Å². The first-order valence-electron chi connectivity index (χ1n) is 10.4. The highest BCUT2D eigenvalue weighted by molar-refractivity contribution is 7.97. The van der Waals surface area contributed by atoms with Crippen molar-refractivity contribution in [3.05, 3.63) is 133 Å². The number of carbonyl (C=O) groups is 1. The summed E-state index contributed by atoms with van der Waals surface area (Å²) in [6.45, 7) is 0. The number of ether oxygens (including phenoxy) is 1. The fourth-order valence-corrected chi connectivity index (χ4v) is 5.73. The molecule has 0 saturated heterocycles. The quantitative estimate of drug-likeness (QED) is 0.167. The lowest BCUT2D eigenvalue weighted by Crippen LogP contribution is -2.09. The topological polar surface area (TPSA) is 26.3 Å². The lowest BCUT2D eigenvalue weighted by molar-refractivity contribution is 0.0735. The van der Waals surface area contributed by atoms with Crippen molar-refractivity contribution < 1.29 is 9.53 Å². The van der Waals surface area contributed by atoms with Gasteiger partial charge in [0.1, 0.15) is 5.75 Å². The largest absolute Gasteiger partial charge is 0.423 e. The second-order valence-electron chi connectivity index (χ2n) is 7.36. The van der Waals surface area contributed by atoms with Crippen LogP contribution in [0, 0.1) is 0 Å². The van der Waals surface area contributed by atoms with Gasteiger partial charge in [-0.3, -0.25) is 0 Å². The van der Waals surface area contributed by atoms with Gasteiger partial charge in [0, 0.05) is 0 Å². The van der Waals surface area contributed by atoms with Gasteiger partial charge >= 0.3 is 5.97 Å². The summed E-state index contributed by atoms with van der Waals surface area (Å²) < 4.78 is 5.66. The summed E-state index contributed by atoms with van der Waals surface area (Å²) in [5.41, 5.74) is 0.543. The molecule has 0 aliphatic carbocycles. The zero-order valence-corrected chi connectivity index (χ0v) is 18.2. The molecule has 154 valence electrons. The first-order chi connectivity index (χ1) is 15.8. The highest BCUT2D eigenvalue weighted by Gasteiger charge is 2.28. The molecule has 0 radical (unpaired) electrons. The molecule has 5 aromatic carbocycles. The van der Waals surface area contributed by atoms with E-state index in [0.29, 0.717) is 11.3 Å². The Hall–Kier alpha value is -3.82. The van der Waals surface area contributed by atoms with E-state index in [1.165, 1.54) is 14.7 Å². The Labute approximate surface area is 190 Å². The van der Waals surface area contributed by atoms with Gasteiger partial charge in [0.2, 0.25) is 0 Å². The summed E-state index contributed by atoms with van der Waals surface area (Å²) in [7, 11) is -0.228. The molecule has 0 amide bonds. The molecule has 0 aliphatic heterocycles. The van der Waals surface area contributed by atoms with Crippen LogP contribution in [-0.2, 0) is 10.9 Å². The van der Waals surface area contributed by atoms with Gasteiger partial charge in [0.15, 0.2) is 14.7 Å². The van der Waals surface area contributed by atoms with E-state index in [9.17, 15) is 4.79 Å². The van der Waals surface area contributed by atoms with E-state index >= 15 is 0 Å². The smallest absolute Gasteiger partial charge is 0.343 e. The van der Waals surface area contributed by atoms with Crippen LogP contribution >= 0.6 is 0 Å². The van der Waals surface area contributed by atoms with E-state index in [1.54, 1.807) is 6.07 Å². The summed E-state index contributed by atoms with van der Waals surface area (Å²) in [4.78, 5) is 16.4. The number of hydrogen-bond acceptors (Lipinski definition) is 2. The maximum Gasteiger partial charge on any atom is 0.343 e. The van der Waals surface area contributed by atoms with E-state index in [4.69, 9.17) is 4.74 Å². The summed E-state index contributed by atoms with van der Waals surface area (Å²) in [5.74, 6) is 0.185. The molecule has 0 aliphatic rings. The maximum atomic E-state index is 12.7. The van der Waals surface area contributed by atoms with Crippen molar-refractivity contribution in [2.24, 2.45) is 0 Å². The predicted molar refractivity (Wildman–Crippen MR) is 130 cm³/mol. The van der Waals surface area contributed by atoms with Crippen LogP contribution in [-0.4, -0.2) is 5.97 Å². The van der Waals surface area contributed by atoms with Crippen molar-refractivity contribution in [3.8, 4) is 5.75 Å². The number of benzene rings is 5. The molecule has 0 N–H and O–H groups in total. The standard InChI is InChI=1S/C29H21O2S/c30-29(24-16-15-22-9-7-8-10-23(22)21-24)31-25-17-19-28(20-18-25)32(26-11-3-1-4-12-26)27-13-5-2-6-14-27/h1-21H/q+1. The summed E-state index contributed by atoms with van der Waals surface area (Å²) in [6, 6.07) is 42.4. The third-order valence-electron chi connectivity index (χ3n) is 5.21. The lowest BCUT2D eigenvalue weighted by atomic mass is 10.1. The third kappa shape index (κ3) is 4.29. The number of esters is 1. The number of rotatable bonds is 5. The predicted octanol–water partition coefficient (Wildman–Crippen LogP) is 7.15. The highest BCUT2D eigenvalue weighted by atomic mass is 32.2. The van der Waals surface area contributed by atoms with Crippen molar-refractivity contribution >= 4 is 27.6 Å². The second kappa shape index (κ2) is 9.13. The molecule has 3 heteroatoms. The van der Waals surface area contributed by atoms with Gasteiger partial charge in [-0.25, -0.2) is 4.79 Å². The van der Waals surface area contributed by atoms with Crippen LogP contribution in [0.4, 0.5) is 0 Å². The Bertz CT molecular complexity index is 1310. The monoisotopic (exact) mass is 433 g/mol. The number of hydrogen-bond donors (Lipinski definition) is 0. The van der Waals surface area contributed by atoms with Crippen LogP contribution in [0.3, 0.4) is 0 Å². The molecular formula is C29H21O2S+. The number of carbonyl (C=O) groups excluding carboxylic acids is 1. The van der Waals surface area contributed by atoms with Gasteiger partial charge in [-0.1, -0.05) is 66.7 Å². The molecule has 0 bridgehead atoms. The van der Waals surface area contributed by atoms with E-state index in [0.717, 1.165) is 10.8 Å². The Morgan fingerprint density at radius 2 is 1.06 bits per heavy atom. The molecule has 0 unspecified atom stereocenters. The van der Waals surface area contributed by atoms with Crippen molar-refractivity contribution in [3.63, 3.8) is 0 Å². The molecule has 2 nitrogen and oxygen atoms in total. The molecule has 0 aromatic heterocycles. The minimum absolute atomic E-state index is 0.228. The molecule has 5 aromatic rings. The molecule has 0 spiro atoms. The maximum absolute atomic E-state index is 12.7. The average Bonchev–Trinajstić information content (AvgIpc) is 2.86. The molecule has 0 saturated carbocycles. The van der Waals surface area contributed by atoms with E-state index in [1.807, 2.05) is 72.8 Å². The molecule has 0 fully saturated rings. The van der Waals surface area contributed by atoms with Crippen molar-refractivity contribution in [2.75, 3.05) is 0 Å². The van der Waals surface area contributed by atoms with Gasteiger partial charge < -0.3 is 4.74 Å². The molecule has 5 rings (SSSR count). The zero-order valence-electron chi connectivity index (χ0n) is 17.3. The molecule has 0 heterocycles. The van der Waals surface area contributed by atoms with Gasteiger partial charge in [0.25, 0.3) is 0 Å². The third-order valence-corrected chi connectivity index (χ3v) is 7.44. The second-order valence-corrected chi connectivity index (χ2v) is 9.38. The Morgan fingerprint density at radius 1 is 0.531 bits per heavy atom. The van der Waals surface area contributed by atoms with E-state index in [2.05, 4.69) is 48.5 Å². The minimum Gasteiger partial charge on any atom is -0.423 e. The summed E-state index contributed by atoms with van der Waals surface area (Å²) in [6.07, 6.45) is 0. The van der Waals surface area contributed by atoms with Crippen LogP contribution in [0.2, 0.25) is 0 Å². The number of fused-ring (bicyclic) bond motifs is 1. The van der Waals surface area contributed by atoms with Crippen molar-refractivity contribution in [1.29, 1.82) is 0 Å². The fraction of sp³-hybridized carbons (Fsp3) is 0. The minimum atomic E-state index is -0.353. The normalized spacial score (nSPS) is 10.9. The fourth-order valence-electron chi connectivity index (χ4n) is 3.65. The Balaban J connectivity index is 1.40. The summed E-state index contributed by atoms with van der Waals surface area (Å²) >= 11 is 0. The van der Waals surface area contributed by atoms with Crippen LogP contribution in [0.15, 0.2) is 142 Å². The first kappa shape index (κ1) is 20.1. The molecule has 32 heavy (non-hydrogen) atoms. The van der Waals surface area contributed by atoms with Gasteiger partial charge in [0.05, 0.1) is 16.5 Å². The molecular weight excluding hydrogens is 412 g/mol. The van der Waals surface area contributed by atoms with Crippen LogP contribution in [0.25, 0.3) is 10.8 Å². The average molecular weight is 434 g/mol. The SMILES string of the molecule is O=C(Oc1ccc([S+](c2ccccc2)c2ccccc2)cc1)c1ccc2ccccc2c1. The van der Waals surface area contributed by atoms with Gasteiger partial charge in [-0.2, -0.15) is 0 Å². The highest BCUT2D eigenvalue weighted by Crippen LogP contribution is 2.32. The summed E-state index contributed by atoms with van der Waals surface area (Å²) in [5, 5.41) is 2.12. The van der Waals surface area contributed by atoms with Gasteiger partial charge in [-0.05, 0) is 71.4 Å². The van der Waals surface area contributed by atoms with E-state index < -0.39 is 0 Å². The lowest BCUT2D eigenvalue weighted by Gasteiger charge is -2.09. The van der Waals surface area contributed by atoms with E-state index in [-0.39, 0.29) is 16.9 Å².